The van der Waals surface area contributed by atoms with Crippen LogP contribution in [0.3, 0.4) is 0 Å². The zero-order valence-corrected chi connectivity index (χ0v) is 17.2. The summed E-state index contributed by atoms with van der Waals surface area (Å²) in [6, 6.07) is 4.95. The van der Waals surface area contributed by atoms with Crippen molar-refractivity contribution < 1.29 is 13.2 Å². The van der Waals surface area contributed by atoms with Crippen molar-refractivity contribution in [2.24, 2.45) is 5.73 Å². The van der Waals surface area contributed by atoms with Crippen LogP contribution in [0.4, 0.5) is 0 Å². The fourth-order valence-electron chi connectivity index (χ4n) is 4.18. The van der Waals surface area contributed by atoms with Crippen LogP contribution in [0.2, 0.25) is 0 Å². The lowest BCUT2D eigenvalue weighted by Gasteiger charge is -2.38. The molecule has 27 heavy (non-hydrogen) atoms. The molecule has 2 fully saturated rings. The minimum absolute atomic E-state index is 0.00899. The van der Waals surface area contributed by atoms with Crippen molar-refractivity contribution in [1.82, 2.24) is 9.21 Å². The Bertz CT molecular complexity index is 786. The summed E-state index contributed by atoms with van der Waals surface area (Å²) in [6.45, 7) is 5.50. The molecule has 150 valence electrons. The van der Waals surface area contributed by atoms with Crippen molar-refractivity contribution in [1.29, 1.82) is 0 Å². The maximum absolute atomic E-state index is 13.1. The molecule has 2 heterocycles. The molecule has 1 aromatic carbocycles. The predicted molar refractivity (Wildman–Crippen MR) is 106 cm³/mol. The maximum Gasteiger partial charge on any atom is 0.254 e. The van der Waals surface area contributed by atoms with Gasteiger partial charge in [0.1, 0.15) is 0 Å². The Kier molecular flexibility index (Phi) is 6.23. The van der Waals surface area contributed by atoms with Gasteiger partial charge in [0.25, 0.3) is 5.91 Å². The molecule has 1 amide bonds. The van der Waals surface area contributed by atoms with Crippen molar-refractivity contribution in [3.63, 3.8) is 0 Å². The molecule has 0 aromatic heterocycles. The Morgan fingerprint density at radius 2 is 1.78 bits per heavy atom. The summed E-state index contributed by atoms with van der Waals surface area (Å²) in [5.74, 6) is -0.118. The monoisotopic (exact) mass is 393 g/mol. The molecule has 2 unspecified atom stereocenters. The highest BCUT2D eigenvalue weighted by molar-refractivity contribution is 7.89. The van der Waals surface area contributed by atoms with Crippen LogP contribution in [0.1, 0.15) is 61.4 Å². The number of piperidine rings is 2. The number of carbonyl (C=O) groups excluding carboxylic acids is 1. The van der Waals surface area contributed by atoms with Crippen LogP contribution in [-0.2, 0) is 10.0 Å². The van der Waals surface area contributed by atoms with Gasteiger partial charge in [0.2, 0.25) is 10.0 Å². The van der Waals surface area contributed by atoms with Crippen LogP contribution in [0.25, 0.3) is 0 Å². The van der Waals surface area contributed by atoms with Gasteiger partial charge in [-0.2, -0.15) is 4.31 Å². The van der Waals surface area contributed by atoms with Gasteiger partial charge in [0.05, 0.1) is 4.90 Å². The Morgan fingerprint density at radius 3 is 2.44 bits per heavy atom. The van der Waals surface area contributed by atoms with Gasteiger partial charge in [-0.1, -0.05) is 12.5 Å². The quantitative estimate of drug-likeness (QED) is 0.852. The molecule has 6 nitrogen and oxygen atoms in total. The van der Waals surface area contributed by atoms with Crippen molar-refractivity contribution in [2.75, 3.05) is 19.6 Å². The zero-order chi connectivity index (χ0) is 19.6. The van der Waals surface area contributed by atoms with E-state index in [-0.39, 0.29) is 22.9 Å². The third-order valence-corrected chi connectivity index (χ3v) is 7.83. The highest BCUT2D eigenvalue weighted by atomic mass is 32.2. The number of likely N-dealkylation sites (tertiary alicyclic amines) is 1. The van der Waals surface area contributed by atoms with Gasteiger partial charge in [-0.15, -0.1) is 0 Å². The minimum atomic E-state index is -3.57. The predicted octanol–water partition coefficient (Wildman–Crippen LogP) is 2.51. The van der Waals surface area contributed by atoms with E-state index in [1.807, 2.05) is 11.8 Å². The van der Waals surface area contributed by atoms with Crippen molar-refractivity contribution >= 4 is 15.9 Å². The van der Waals surface area contributed by atoms with Crippen LogP contribution < -0.4 is 5.73 Å². The number of amides is 1. The third-order valence-electron chi connectivity index (χ3n) is 5.78. The fraction of sp³-hybridized carbons (Fsp3) is 0.650. The first-order valence-corrected chi connectivity index (χ1v) is 11.4. The van der Waals surface area contributed by atoms with Crippen molar-refractivity contribution in [3.05, 3.63) is 29.3 Å². The lowest BCUT2D eigenvalue weighted by Crippen LogP contribution is -2.51. The molecule has 0 bridgehead atoms. The number of hydrogen-bond acceptors (Lipinski definition) is 4. The number of sulfonamides is 1. The average molecular weight is 394 g/mol. The van der Waals surface area contributed by atoms with E-state index in [1.165, 1.54) is 0 Å². The Morgan fingerprint density at radius 1 is 1.11 bits per heavy atom. The van der Waals surface area contributed by atoms with Crippen LogP contribution >= 0.6 is 0 Å². The summed E-state index contributed by atoms with van der Waals surface area (Å²) in [7, 11) is -3.57. The number of rotatable bonds is 4. The zero-order valence-electron chi connectivity index (χ0n) is 16.4. The van der Waals surface area contributed by atoms with E-state index in [1.54, 1.807) is 29.4 Å². The second kappa shape index (κ2) is 8.29. The highest BCUT2D eigenvalue weighted by Gasteiger charge is 2.32. The number of benzene rings is 1. The van der Waals surface area contributed by atoms with Gasteiger partial charge in [-0.3, -0.25) is 4.79 Å². The van der Waals surface area contributed by atoms with E-state index in [0.717, 1.165) is 38.5 Å². The topological polar surface area (TPSA) is 83.7 Å². The molecular weight excluding hydrogens is 362 g/mol. The highest BCUT2D eigenvalue weighted by Crippen LogP contribution is 2.27. The number of carbonyl (C=O) groups is 1. The van der Waals surface area contributed by atoms with Crippen LogP contribution in [0.5, 0.6) is 0 Å². The van der Waals surface area contributed by atoms with Gasteiger partial charge >= 0.3 is 0 Å². The third kappa shape index (κ3) is 4.20. The summed E-state index contributed by atoms with van der Waals surface area (Å²) in [5.41, 5.74) is 7.21. The molecule has 2 N–H and O–H groups in total. The summed E-state index contributed by atoms with van der Waals surface area (Å²) >= 11 is 0. The van der Waals surface area contributed by atoms with E-state index in [0.29, 0.717) is 30.8 Å². The molecule has 0 spiro atoms. The number of nitrogens with two attached hydrogens (primary N) is 1. The number of aryl methyl sites for hydroxylation is 1. The van der Waals surface area contributed by atoms with Crippen molar-refractivity contribution in [2.45, 2.75) is 69.4 Å². The summed E-state index contributed by atoms with van der Waals surface area (Å²) in [6.07, 6.45) is 5.77. The second-order valence-corrected chi connectivity index (χ2v) is 9.77. The van der Waals surface area contributed by atoms with Gasteiger partial charge in [0, 0.05) is 37.3 Å². The molecular formula is C20H31N3O3S. The molecule has 2 atom stereocenters. The smallest absolute Gasteiger partial charge is 0.254 e. The Hall–Kier alpha value is -1.44. The molecule has 0 saturated carbocycles. The van der Waals surface area contributed by atoms with E-state index in [4.69, 9.17) is 5.73 Å². The number of nitrogens with zero attached hydrogens (tertiary/aromatic N) is 2. The molecule has 2 saturated heterocycles. The molecule has 2 aliphatic rings. The van der Waals surface area contributed by atoms with E-state index < -0.39 is 10.0 Å². The lowest BCUT2D eigenvalue weighted by molar-refractivity contribution is 0.0583. The van der Waals surface area contributed by atoms with Crippen molar-refractivity contribution in [3.8, 4) is 0 Å². The van der Waals surface area contributed by atoms with E-state index in [2.05, 4.69) is 0 Å². The van der Waals surface area contributed by atoms with Gasteiger partial charge in [0.15, 0.2) is 0 Å². The minimum Gasteiger partial charge on any atom is -0.334 e. The van der Waals surface area contributed by atoms with E-state index in [9.17, 15) is 13.2 Å². The normalized spacial score (nSPS) is 23.2. The summed E-state index contributed by atoms with van der Waals surface area (Å²) in [4.78, 5) is 15.2. The standard InChI is InChI=1S/C20H31N3O3S/c1-15-9-10-17(20(24)23-13-7-4-8-18(23)16(2)21)14-19(15)27(25,26)22-11-5-3-6-12-22/h9-10,14,16,18H,3-8,11-13,21H2,1-2H3. The first-order valence-electron chi connectivity index (χ1n) is 9.99. The van der Waals surface area contributed by atoms with Gasteiger partial charge < -0.3 is 10.6 Å². The average Bonchev–Trinajstić information content (AvgIpc) is 2.68. The largest absolute Gasteiger partial charge is 0.334 e. The fourth-order valence-corrected chi connectivity index (χ4v) is 5.95. The SMILES string of the molecule is Cc1ccc(C(=O)N2CCCCC2C(C)N)cc1S(=O)(=O)N1CCCCC1. The first-order chi connectivity index (χ1) is 12.8. The van der Waals surface area contributed by atoms with Crippen LogP contribution in [0.15, 0.2) is 23.1 Å². The summed E-state index contributed by atoms with van der Waals surface area (Å²) < 4.78 is 27.8. The second-order valence-electron chi connectivity index (χ2n) is 7.87. The van der Waals surface area contributed by atoms with Crippen LogP contribution in [-0.4, -0.2) is 55.2 Å². The van der Waals surface area contributed by atoms with Gasteiger partial charge in [-0.25, -0.2) is 8.42 Å². The molecule has 1 aromatic rings. The summed E-state index contributed by atoms with van der Waals surface area (Å²) in [5, 5.41) is 0. The molecule has 2 aliphatic heterocycles. The Labute approximate surface area is 162 Å². The molecule has 7 heteroatoms. The number of hydrogen-bond donors (Lipinski definition) is 1. The molecule has 3 rings (SSSR count). The first kappa shape index (κ1) is 20.3. The molecule has 0 radical (unpaired) electrons. The van der Waals surface area contributed by atoms with E-state index >= 15 is 0 Å². The van der Waals surface area contributed by atoms with Gasteiger partial charge in [-0.05, 0) is 63.6 Å². The van der Waals surface area contributed by atoms with Crippen LogP contribution in [0, 0.1) is 6.92 Å². The lowest BCUT2D eigenvalue weighted by atomic mass is 9.96. The molecule has 0 aliphatic carbocycles. The maximum atomic E-state index is 13.1. The Balaban J connectivity index is 1.91.